The number of hydrogen-bond acceptors (Lipinski definition) is 7. The second-order valence-electron chi connectivity index (χ2n) is 6.30. The predicted octanol–water partition coefficient (Wildman–Crippen LogP) is 5.68. The van der Waals surface area contributed by atoms with Gasteiger partial charge in [0.25, 0.3) is 0 Å². The van der Waals surface area contributed by atoms with Gasteiger partial charge in [0.1, 0.15) is 4.90 Å². The fraction of sp³-hybridized carbons (Fsp3) is 0. The Balaban J connectivity index is 1.47. The zero-order valence-corrected chi connectivity index (χ0v) is 18.4. The van der Waals surface area contributed by atoms with Crippen LogP contribution in [0.3, 0.4) is 0 Å². The molecule has 0 saturated heterocycles. The summed E-state index contributed by atoms with van der Waals surface area (Å²) in [6.07, 6.45) is 1.49. The number of anilines is 1. The molecule has 0 atom stereocenters. The molecule has 0 radical (unpaired) electrons. The number of hydrogen-bond donors (Lipinski definition) is 1. The number of rotatable bonds is 7. The number of thiazole rings is 1. The zero-order chi connectivity index (χ0) is 21.7. The number of aromatic nitrogens is 1. The first-order valence-electron chi connectivity index (χ1n) is 9.10. The van der Waals surface area contributed by atoms with Crippen molar-refractivity contribution in [2.75, 3.05) is 5.43 Å². The number of hydrazone groups is 1. The SMILES string of the molecule is O=S(=O)(Oc1ccccc1/C=N\Nc1nc(-c2ccc(Cl)cc2)cs1)c1ccccc1. The lowest BCUT2D eigenvalue weighted by molar-refractivity contribution is 0.485. The van der Waals surface area contributed by atoms with Crippen molar-refractivity contribution < 1.29 is 12.6 Å². The summed E-state index contributed by atoms with van der Waals surface area (Å²) in [5, 5.41) is 7.34. The lowest BCUT2D eigenvalue weighted by Crippen LogP contribution is -2.10. The van der Waals surface area contributed by atoms with Gasteiger partial charge in [-0.3, -0.25) is 5.43 Å². The first-order chi connectivity index (χ1) is 15.0. The van der Waals surface area contributed by atoms with E-state index in [1.54, 1.807) is 42.5 Å². The van der Waals surface area contributed by atoms with Gasteiger partial charge in [0, 0.05) is 21.5 Å². The van der Waals surface area contributed by atoms with E-state index < -0.39 is 10.1 Å². The van der Waals surface area contributed by atoms with Gasteiger partial charge in [-0.05, 0) is 36.4 Å². The third-order valence-corrected chi connectivity index (χ3v) is 6.41. The Kier molecular flexibility index (Phi) is 6.31. The molecule has 0 amide bonds. The summed E-state index contributed by atoms with van der Waals surface area (Å²) in [5.74, 6) is 0.179. The Morgan fingerprint density at radius 1 is 0.968 bits per heavy atom. The van der Waals surface area contributed by atoms with Gasteiger partial charge in [-0.25, -0.2) is 4.98 Å². The summed E-state index contributed by atoms with van der Waals surface area (Å²) in [4.78, 5) is 4.57. The van der Waals surface area contributed by atoms with Gasteiger partial charge in [-0.2, -0.15) is 13.5 Å². The number of nitrogens with one attached hydrogen (secondary N) is 1. The molecule has 156 valence electrons. The summed E-state index contributed by atoms with van der Waals surface area (Å²) < 4.78 is 30.3. The maximum Gasteiger partial charge on any atom is 0.339 e. The monoisotopic (exact) mass is 469 g/mol. The van der Waals surface area contributed by atoms with E-state index in [0.717, 1.165) is 11.3 Å². The van der Waals surface area contributed by atoms with E-state index >= 15 is 0 Å². The van der Waals surface area contributed by atoms with E-state index in [-0.39, 0.29) is 10.6 Å². The quantitative estimate of drug-likeness (QED) is 0.214. The summed E-state index contributed by atoms with van der Waals surface area (Å²) >= 11 is 7.32. The molecule has 1 N–H and O–H groups in total. The molecule has 0 spiro atoms. The van der Waals surface area contributed by atoms with Crippen LogP contribution in [0.5, 0.6) is 5.75 Å². The maximum absolute atomic E-state index is 12.5. The maximum atomic E-state index is 12.5. The van der Waals surface area contributed by atoms with E-state index in [9.17, 15) is 8.42 Å². The van der Waals surface area contributed by atoms with Crippen LogP contribution in [0.25, 0.3) is 11.3 Å². The van der Waals surface area contributed by atoms with E-state index in [4.69, 9.17) is 15.8 Å². The van der Waals surface area contributed by atoms with Crippen LogP contribution in [-0.4, -0.2) is 19.6 Å². The molecule has 4 aromatic rings. The molecule has 0 fully saturated rings. The molecule has 0 saturated carbocycles. The molecule has 3 aromatic carbocycles. The van der Waals surface area contributed by atoms with Crippen molar-refractivity contribution in [1.29, 1.82) is 0 Å². The molecule has 6 nitrogen and oxygen atoms in total. The van der Waals surface area contributed by atoms with E-state index in [0.29, 0.717) is 15.7 Å². The summed E-state index contributed by atoms with van der Waals surface area (Å²) in [6.45, 7) is 0. The molecule has 0 aliphatic heterocycles. The fourth-order valence-electron chi connectivity index (χ4n) is 2.65. The van der Waals surface area contributed by atoms with E-state index in [1.165, 1.54) is 29.7 Å². The topological polar surface area (TPSA) is 80.7 Å². The number of para-hydroxylation sites is 1. The molecule has 31 heavy (non-hydrogen) atoms. The lowest BCUT2D eigenvalue weighted by atomic mass is 10.2. The van der Waals surface area contributed by atoms with Crippen molar-refractivity contribution in [2.45, 2.75) is 4.90 Å². The highest BCUT2D eigenvalue weighted by Crippen LogP contribution is 2.26. The largest absolute Gasteiger partial charge is 0.378 e. The minimum Gasteiger partial charge on any atom is -0.378 e. The minimum atomic E-state index is -3.95. The summed E-state index contributed by atoms with van der Waals surface area (Å²) in [7, 11) is -3.95. The van der Waals surface area contributed by atoms with Gasteiger partial charge in [-0.15, -0.1) is 11.3 Å². The first kappa shape index (κ1) is 21.0. The molecular formula is C22H16ClN3O3S2. The van der Waals surface area contributed by atoms with Crippen molar-refractivity contribution in [3.8, 4) is 17.0 Å². The van der Waals surface area contributed by atoms with Crippen molar-refractivity contribution in [3.05, 3.63) is 94.8 Å². The minimum absolute atomic E-state index is 0.0809. The molecule has 0 bridgehead atoms. The molecule has 0 aliphatic rings. The van der Waals surface area contributed by atoms with Crippen LogP contribution in [0, 0.1) is 0 Å². The first-order valence-corrected chi connectivity index (χ1v) is 11.8. The average Bonchev–Trinajstić information content (AvgIpc) is 3.25. The van der Waals surface area contributed by atoms with Gasteiger partial charge in [0.15, 0.2) is 5.75 Å². The van der Waals surface area contributed by atoms with Crippen LogP contribution in [0.4, 0.5) is 5.13 Å². The Labute approximate surface area is 188 Å². The summed E-state index contributed by atoms with van der Waals surface area (Å²) in [5.41, 5.74) is 5.12. The third kappa shape index (κ3) is 5.29. The van der Waals surface area contributed by atoms with Crippen LogP contribution in [0.2, 0.25) is 5.02 Å². The predicted molar refractivity (Wildman–Crippen MR) is 124 cm³/mol. The Bertz CT molecular complexity index is 1310. The third-order valence-electron chi connectivity index (χ3n) is 4.16. The Morgan fingerprint density at radius 3 is 2.45 bits per heavy atom. The molecule has 9 heteroatoms. The second kappa shape index (κ2) is 9.30. The highest BCUT2D eigenvalue weighted by Gasteiger charge is 2.17. The normalized spacial score (nSPS) is 11.5. The van der Waals surface area contributed by atoms with Gasteiger partial charge in [0.2, 0.25) is 5.13 Å². The molecule has 0 unspecified atom stereocenters. The van der Waals surface area contributed by atoms with Crippen molar-refractivity contribution in [2.24, 2.45) is 5.10 Å². The van der Waals surface area contributed by atoms with Gasteiger partial charge >= 0.3 is 10.1 Å². The Morgan fingerprint density at radius 2 is 1.68 bits per heavy atom. The molecule has 0 aliphatic carbocycles. The van der Waals surface area contributed by atoms with Gasteiger partial charge < -0.3 is 4.18 Å². The van der Waals surface area contributed by atoms with Crippen LogP contribution in [0.15, 0.2) is 94.2 Å². The van der Waals surface area contributed by atoms with Crippen LogP contribution in [0.1, 0.15) is 5.56 Å². The second-order valence-corrected chi connectivity index (χ2v) is 9.14. The van der Waals surface area contributed by atoms with Crippen molar-refractivity contribution >= 4 is 44.4 Å². The van der Waals surface area contributed by atoms with E-state index in [2.05, 4.69) is 15.5 Å². The van der Waals surface area contributed by atoms with Crippen LogP contribution in [-0.2, 0) is 10.1 Å². The van der Waals surface area contributed by atoms with Crippen molar-refractivity contribution in [3.63, 3.8) is 0 Å². The number of halogens is 1. The van der Waals surface area contributed by atoms with Gasteiger partial charge in [-0.1, -0.05) is 54.1 Å². The fourth-order valence-corrected chi connectivity index (χ4v) is 4.42. The number of benzene rings is 3. The molecular weight excluding hydrogens is 454 g/mol. The van der Waals surface area contributed by atoms with Crippen LogP contribution < -0.4 is 9.61 Å². The molecule has 1 heterocycles. The molecule has 4 rings (SSSR count). The standard InChI is InChI=1S/C22H16ClN3O3S2/c23-18-12-10-16(11-13-18)20-15-30-22(25-20)26-24-14-17-6-4-5-9-21(17)29-31(27,28)19-7-2-1-3-8-19/h1-15H,(H,25,26)/b24-14-. The number of nitrogens with zero attached hydrogens (tertiary/aromatic N) is 2. The van der Waals surface area contributed by atoms with Crippen molar-refractivity contribution in [1.82, 2.24) is 4.98 Å². The average molecular weight is 470 g/mol. The smallest absolute Gasteiger partial charge is 0.339 e. The van der Waals surface area contributed by atoms with Gasteiger partial charge in [0.05, 0.1) is 11.9 Å². The Hall–Kier alpha value is -3.20. The highest BCUT2D eigenvalue weighted by atomic mass is 35.5. The van der Waals surface area contributed by atoms with E-state index in [1.807, 2.05) is 29.6 Å². The van der Waals surface area contributed by atoms with Crippen LogP contribution >= 0.6 is 22.9 Å². The highest BCUT2D eigenvalue weighted by molar-refractivity contribution is 7.87. The summed E-state index contributed by atoms with van der Waals surface area (Å²) in [6, 6.07) is 22.1. The molecule has 1 aromatic heterocycles. The lowest BCUT2D eigenvalue weighted by Gasteiger charge is -2.09. The zero-order valence-electron chi connectivity index (χ0n) is 16.0.